The Morgan fingerprint density at radius 2 is 2.26 bits per heavy atom. The van der Waals surface area contributed by atoms with Gasteiger partial charge >= 0.3 is 0 Å². The lowest BCUT2D eigenvalue weighted by atomic mass is 9.96. The van der Waals surface area contributed by atoms with E-state index in [0.29, 0.717) is 24.8 Å². The van der Waals surface area contributed by atoms with Crippen LogP contribution in [0.5, 0.6) is 0 Å². The van der Waals surface area contributed by atoms with E-state index >= 15 is 0 Å². The van der Waals surface area contributed by atoms with Gasteiger partial charge in [0.05, 0.1) is 18.2 Å². The summed E-state index contributed by atoms with van der Waals surface area (Å²) < 4.78 is 5.88. The molecule has 3 atom stereocenters. The lowest BCUT2D eigenvalue weighted by Crippen LogP contribution is -2.47. The van der Waals surface area contributed by atoms with Crippen molar-refractivity contribution in [3.05, 3.63) is 23.9 Å². The van der Waals surface area contributed by atoms with Crippen LogP contribution in [-0.4, -0.2) is 50.3 Å². The molecule has 23 heavy (non-hydrogen) atoms. The summed E-state index contributed by atoms with van der Waals surface area (Å²) in [6.45, 7) is 0.697. The summed E-state index contributed by atoms with van der Waals surface area (Å²) in [4.78, 5) is 10.8. The fraction of sp³-hybridized carbons (Fsp3) is 0.625. The number of aliphatic imine (C=N–C) groups is 1. The Hall–Kier alpha value is -1.09. The van der Waals surface area contributed by atoms with Gasteiger partial charge in [0.2, 0.25) is 0 Å². The number of aromatic nitrogens is 1. The zero-order chi connectivity index (χ0) is 15.5. The Kier molecular flexibility index (Phi) is 6.46. The molecule has 2 N–H and O–H groups in total. The maximum Gasteiger partial charge on any atom is 0.191 e. The molecule has 2 bridgehead atoms. The number of hydrogen-bond donors (Lipinski definition) is 2. The molecule has 0 saturated carbocycles. The summed E-state index contributed by atoms with van der Waals surface area (Å²) in [7, 11) is 5.82. The summed E-state index contributed by atoms with van der Waals surface area (Å²) in [6.07, 6.45) is 6.06. The first kappa shape index (κ1) is 18.3. The van der Waals surface area contributed by atoms with Crippen molar-refractivity contribution in [1.82, 2.24) is 15.6 Å². The molecule has 0 spiro atoms. The van der Waals surface area contributed by atoms with E-state index in [2.05, 4.69) is 26.7 Å². The van der Waals surface area contributed by atoms with Crippen LogP contribution in [0.15, 0.2) is 23.3 Å². The molecule has 1 aromatic heterocycles. The number of hydrogen-bond acceptors (Lipinski definition) is 4. The molecule has 2 aliphatic rings. The van der Waals surface area contributed by atoms with Crippen molar-refractivity contribution in [1.29, 1.82) is 0 Å². The van der Waals surface area contributed by atoms with Gasteiger partial charge in [0.15, 0.2) is 5.96 Å². The van der Waals surface area contributed by atoms with Crippen LogP contribution in [0.25, 0.3) is 0 Å². The number of nitrogens with zero attached hydrogens (tertiary/aromatic N) is 3. The molecule has 0 radical (unpaired) electrons. The van der Waals surface area contributed by atoms with E-state index < -0.39 is 0 Å². The lowest BCUT2D eigenvalue weighted by molar-refractivity contribution is 0.0992. The maximum absolute atomic E-state index is 5.88. The van der Waals surface area contributed by atoms with Crippen molar-refractivity contribution in [2.45, 2.75) is 44.1 Å². The normalized spacial score (nSPS) is 25.9. The van der Waals surface area contributed by atoms with Gasteiger partial charge in [-0.3, -0.25) is 4.99 Å². The van der Waals surface area contributed by atoms with Crippen LogP contribution < -0.4 is 15.5 Å². The predicted molar refractivity (Wildman–Crippen MR) is 104 cm³/mol. The third kappa shape index (κ3) is 4.26. The average molecular weight is 431 g/mol. The Morgan fingerprint density at radius 1 is 1.43 bits per heavy atom. The predicted octanol–water partition coefficient (Wildman–Crippen LogP) is 1.75. The minimum Gasteiger partial charge on any atom is -0.373 e. The van der Waals surface area contributed by atoms with Crippen molar-refractivity contribution >= 4 is 35.8 Å². The average Bonchev–Trinajstić information content (AvgIpc) is 3.14. The fourth-order valence-corrected chi connectivity index (χ4v) is 3.31. The first-order chi connectivity index (χ1) is 10.7. The third-order valence-corrected chi connectivity index (χ3v) is 4.39. The van der Waals surface area contributed by atoms with Gasteiger partial charge in [-0.2, -0.15) is 0 Å². The summed E-state index contributed by atoms with van der Waals surface area (Å²) in [5, 5.41) is 6.88. The van der Waals surface area contributed by atoms with E-state index in [1.165, 1.54) is 6.42 Å². The second-order valence-corrected chi connectivity index (χ2v) is 6.17. The van der Waals surface area contributed by atoms with E-state index in [4.69, 9.17) is 4.74 Å². The van der Waals surface area contributed by atoms with E-state index in [0.717, 1.165) is 30.2 Å². The van der Waals surface area contributed by atoms with Crippen LogP contribution in [0.2, 0.25) is 0 Å². The van der Waals surface area contributed by atoms with Gasteiger partial charge in [0, 0.05) is 39.4 Å². The number of rotatable bonds is 4. The smallest absolute Gasteiger partial charge is 0.191 e. The number of fused-ring (bicyclic) bond motifs is 2. The van der Waals surface area contributed by atoms with Crippen LogP contribution in [-0.2, 0) is 11.3 Å². The summed E-state index contributed by atoms with van der Waals surface area (Å²) in [6, 6.07) is 4.43. The lowest BCUT2D eigenvalue weighted by Gasteiger charge is -2.23. The molecule has 1 aromatic rings. The number of ether oxygens (including phenoxy) is 1. The van der Waals surface area contributed by atoms with Crippen LogP contribution in [0.4, 0.5) is 5.82 Å². The van der Waals surface area contributed by atoms with Gasteiger partial charge in [-0.05, 0) is 25.3 Å². The second-order valence-electron chi connectivity index (χ2n) is 6.17. The van der Waals surface area contributed by atoms with E-state index in [1.54, 1.807) is 7.05 Å². The van der Waals surface area contributed by atoms with Crippen molar-refractivity contribution in [3.8, 4) is 0 Å². The highest BCUT2D eigenvalue weighted by atomic mass is 127. The van der Waals surface area contributed by atoms with E-state index in [9.17, 15) is 0 Å². The Labute approximate surface area is 155 Å². The number of anilines is 1. The largest absolute Gasteiger partial charge is 0.373 e. The fourth-order valence-electron chi connectivity index (χ4n) is 3.31. The van der Waals surface area contributed by atoms with Gasteiger partial charge in [-0.15, -0.1) is 24.0 Å². The highest BCUT2D eigenvalue weighted by Gasteiger charge is 2.41. The van der Waals surface area contributed by atoms with Crippen LogP contribution in [0.1, 0.15) is 24.8 Å². The molecule has 2 fully saturated rings. The summed E-state index contributed by atoms with van der Waals surface area (Å²) in [5.74, 6) is 1.81. The van der Waals surface area contributed by atoms with Gasteiger partial charge < -0.3 is 20.3 Å². The number of nitrogens with one attached hydrogen (secondary N) is 2. The monoisotopic (exact) mass is 431 g/mol. The summed E-state index contributed by atoms with van der Waals surface area (Å²) in [5.41, 5.74) is 1.15. The Bertz CT molecular complexity index is 551. The molecule has 3 heterocycles. The zero-order valence-corrected chi connectivity index (χ0v) is 16.3. The molecule has 2 saturated heterocycles. The van der Waals surface area contributed by atoms with Crippen LogP contribution in [0, 0.1) is 0 Å². The van der Waals surface area contributed by atoms with Gasteiger partial charge in [0.1, 0.15) is 5.82 Å². The van der Waals surface area contributed by atoms with Gasteiger partial charge in [-0.25, -0.2) is 4.98 Å². The first-order valence-corrected chi connectivity index (χ1v) is 7.91. The molecular weight excluding hydrogens is 405 g/mol. The van der Waals surface area contributed by atoms with Gasteiger partial charge in [0.25, 0.3) is 0 Å². The van der Waals surface area contributed by atoms with E-state index in [1.807, 2.05) is 31.3 Å². The van der Waals surface area contributed by atoms with Crippen molar-refractivity contribution < 1.29 is 4.74 Å². The second kappa shape index (κ2) is 8.14. The number of pyridine rings is 1. The molecular formula is C16H26IN5O. The van der Waals surface area contributed by atoms with Crippen molar-refractivity contribution in [3.63, 3.8) is 0 Å². The highest BCUT2D eigenvalue weighted by Crippen LogP contribution is 2.34. The minimum absolute atomic E-state index is 0. The topological polar surface area (TPSA) is 61.8 Å². The molecule has 0 amide bonds. The zero-order valence-electron chi connectivity index (χ0n) is 14.0. The standard InChI is InChI=1S/C16H25N5O.HI/c1-17-16(20-13-9-12-6-7-14(13)22-12)19-10-11-5-4-8-18-15(11)21(2)3;/h4-5,8,12-14H,6-7,9-10H2,1-3H3,(H2,17,19,20);1H. The molecule has 0 aromatic carbocycles. The van der Waals surface area contributed by atoms with Crippen molar-refractivity contribution in [2.75, 3.05) is 26.0 Å². The SMILES string of the molecule is CN=C(NCc1cccnc1N(C)C)NC1CC2CCC1O2.I. The first-order valence-electron chi connectivity index (χ1n) is 7.91. The quantitative estimate of drug-likeness (QED) is 0.432. The molecule has 6 nitrogen and oxygen atoms in total. The third-order valence-electron chi connectivity index (χ3n) is 4.39. The van der Waals surface area contributed by atoms with Crippen molar-refractivity contribution in [2.24, 2.45) is 4.99 Å². The highest BCUT2D eigenvalue weighted by molar-refractivity contribution is 14.0. The summed E-state index contributed by atoms with van der Waals surface area (Å²) >= 11 is 0. The molecule has 7 heteroatoms. The number of halogens is 1. The molecule has 128 valence electrons. The van der Waals surface area contributed by atoms with E-state index in [-0.39, 0.29) is 24.0 Å². The molecule has 3 rings (SSSR count). The maximum atomic E-state index is 5.88. The molecule has 0 aliphatic carbocycles. The van der Waals surface area contributed by atoms with Crippen LogP contribution >= 0.6 is 24.0 Å². The number of guanidine groups is 1. The van der Waals surface area contributed by atoms with Gasteiger partial charge in [-0.1, -0.05) is 6.07 Å². The molecule has 2 aliphatic heterocycles. The Balaban J connectivity index is 0.00000192. The molecule has 3 unspecified atom stereocenters. The minimum atomic E-state index is 0. The van der Waals surface area contributed by atoms with Crippen LogP contribution in [0.3, 0.4) is 0 Å². The Morgan fingerprint density at radius 3 is 2.87 bits per heavy atom.